The van der Waals surface area contributed by atoms with Gasteiger partial charge in [0.2, 0.25) is 0 Å². The molecule has 0 saturated carbocycles. The minimum absolute atomic E-state index is 0.191. The standard InChI is InChI=1S/C13H9FO3.C2H6/c14-10-3-7-12(8-4-10)17-11-5-1-9(2-6-11)13(15)16;1-2/h1-8H,(H,15,16);1-2H3. The third-order valence-electron chi connectivity index (χ3n) is 2.15. The van der Waals surface area contributed by atoms with Gasteiger partial charge in [-0.15, -0.1) is 0 Å². The lowest BCUT2D eigenvalue weighted by Crippen LogP contribution is -1.95. The molecule has 0 radical (unpaired) electrons. The van der Waals surface area contributed by atoms with E-state index >= 15 is 0 Å². The Kier molecular flexibility index (Phi) is 5.54. The molecule has 2 aromatic carbocycles. The second-order valence-corrected chi connectivity index (χ2v) is 3.39. The molecule has 0 bridgehead atoms. The van der Waals surface area contributed by atoms with Gasteiger partial charge in [0.15, 0.2) is 0 Å². The normalized spacial score (nSPS) is 9.21. The van der Waals surface area contributed by atoms with Gasteiger partial charge < -0.3 is 9.84 Å². The van der Waals surface area contributed by atoms with Gasteiger partial charge in [0.25, 0.3) is 0 Å². The molecule has 0 saturated heterocycles. The molecule has 0 aliphatic rings. The molecular weight excluding hydrogens is 247 g/mol. The van der Waals surface area contributed by atoms with Gasteiger partial charge in [-0.3, -0.25) is 0 Å². The average Bonchev–Trinajstić information content (AvgIpc) is 2.44. The van der Waals surface area contributed by atoms with E-state index in [1.807, 2.05) is 13.8 Å². The highest BCUT2D eigenvalue weighted by Crippen LogP contribution is 2.21. The Morgan fingerprint density at radius 1 is 0.947 bits per heavy atom. The minimum Gasteiger partial charge on any atom is -0.478 e. The molecule has 0 atom stereocenters. The fourth-order valence-corrected chi connectivity index (χ4v) is 1.30. The number of benzene rings is 2. The van der Waals surface area contributed by atoms with Gasteiger partial charge in [-0.25, -0.2) is 9.18 Å². The van der Waals surface area contributed by atoms with Crippen molar-refractivity contribution in [2.45, 2.75) is 13.8 Å². The Morgan fingerprint density at radius 3 is 1.79 bits per heavy atom. The quantitative estimate of drug-likeness (QED) is 0.894. The van der Waals surface area contributed by atoms with E-state index in [0.717, 1.165) is 0 Å². The lowest BCUT2D eigenvalue weighted by atomic mass is 10.2. The molecule has 0 aliphatic heterocycles. The Labute approximate surface area is 111 Å². The van der Waals surface area contributed by atoms with Crippen LogP contribution in [0.3, 0.4) is 0 Å². The van der Waals surface area contributed by atoms with E-state index in [4.69, 9.17) is 9.84 Å². The Balaban J connectivity index is 0.000000861. The third-order valence-corrected chi connectivity index (χ3v) is 2.15. The number of carboxylic acids is 1. The number of hydrogen-bond acceptors (Lipinski definition) is 2. The van der Waals surface area contributed by atoms with E-state index in [0.29, 0.717) is 11.5 Å². The van der Waals surface area contributed by atoms with E-state index in [1.54, 1.807) is 12.1 Å². The first-order valence-corrected chi connectivity index (χ1v) is 5.92. The van der Waals surface area contributed by atoms with Gasteiger partial charge in [-0.05, 0) is 48.5 Å². The number of carbonyl (C=O) groups is 1. The van der Waals surface area contributed by atoms with E-state index in [1.165, 1.54) is 36.4 Å². The van der Waals surface area contributed by atoms with Crippen LogP contribution in [0.15, 0.2) is 48.5 Å². The van der Waals surface area contributed by atoms with Gasteiger partial charge in [0.1, 0.15) is 17.3 Å². The number of aromatic carboxylic acids is 1. The van der Waals surface area contributed by atoms with Crippen molar-refractivity contribution in [2.75, 3.05) is 0 Å². The number of carboxylic acid groups (broad SMARTS) is 1. The molecule has 0 spiro atoms. The van der Waals surface area contributed by atoms with Crippen LogP contribution in [-0.4, -0.2) is 11.1 Å². The molecule has 0 aromatic heterocycles. The van der Waals surface area contributed by atoms with E-state index in [9.17, 15) is 9.18 Å². The molecule has 0 unspecified atom stereocenters. The van der Waals surface area contributed by atoms with Crippen LogP contribution in [0, 0.1) is 5.82 Å². The zero-order valence-electron chi connectivity index (χ0n) is 10.8. The number of ether oxygens (including phenoxy) is 1. The highest BCUT2D eigenvalue weighted by atomic mass is 19.1. The van der Waals surface area contributed by atoms with Crippen molar-refractivity contribution in [1.29, 1.82) is 0 Å². The van der Waals surface area contributed by atoms with Crippen molar-refractivity contribution < 1.29 is 19.0 Å². The SMILES string of the molecule is CC.O=C(O)c1ccc(Oc2ccc(F)cc2)cc1. The second kappa shape index (κ2) is 7.16. The summed E-state index contributed by atoms with van der Waals surface area (Å²) in [6.45, 7) is 4.00. The number of rotatable bonds is 3. The van der Waals surface area contributed by atoms with E-state index in [2.05, 4.69) is 0 Å². The first-order chi connectivity index (χ1) is 9.15. The van der Waals surface area contributed by atoms with Gasteiger partial charge >= 0.3 is 5.97 Å². The molecule has 0 fully saturated rings. The van der Waals surface area contributed by atoms with Crippen LogP contribution in [0.1, 0.15) is 24.2 Å². The van der Waals surface area contributed by atoms with Crippen LogP contribution in [-0.2, 0) is 0 Å². The molecule has 0 heterocycles. The first-order valence-electron chi connectivity index (χ1n) is 5.92. The molecular formula is C15H15FO3. The molecule has 3 nitrogen and oxygen atoms in total. The predicted molar refractivity (Wildman–Crippen MR) is 71.2 cm³/mol. The molecule has 2 rings (SSSR count). The summed E-state index contributed by atoms with van der Waals surface area (Å²) in [5.74, 6) is -0.326. The monoisotopic (exact) mass is 262 g/mol. The van der Waals surface area contributed by atoms with Crippen molar-refractivity contribution >= 4 is 5.97 Å². The van der Waals surface area contributed by atoms with Gasteiger partial charge in [-0.2, -0.15) is 0 Å². The van der Waals surface area contributed by atoms with Crippen molar-refractivity contribution in [3.63, 3.8) is 0 Å². The maximum absolute atomic E-state index is 12.6. The highest BCUT2D eigenvalue weighted by molar-refractivity contribution is 5.87. The summed E-state index contributed by atoms with van der Waals surface area (Å²) < 4.78 is 18.1. The van der Waals surface area contributed by atoms with Crippen LogP contribution < -0.4 is 4.74 Å². The molecule has 0 aliphatic carbocycles. The fraction of sp³-hybridized carbons (Fsp3) is 0.133. The van der Waals surface area contributed by atoms with E-state index < -0.39 is 5.97 Å². The first kappa shape index (κ1) is 14.7. The zero-order valence-corrected chi connectivity index (χ0v) is 10.8. The summed E-state index contributed by atoms with van der Waals surface area (Å²) in [7, 11) is 0. The Hall–Kier alpha value is -2.36. The smallest absolute Gasteiger partial charge is 0.335 e. The summed E-state index contributed by atoms with van der Waals surface area (Å²) in [5, 5.41) is 8.71. The number of hydrogen-bond donors (Lipinski definition) is 1. The topological polar surface area (TPSA) is 46.5 Å². The zero-order chi connectivity index (χ0) is 14.3. The minimum atomic E-state index is -0.988. The van der Waals surface area contributed by atoms with Gasteiger partial charge in [0.05, 0.1) is 5.56 Å². The van der Waals surface area contributed by atoms with Gasteiger partial charge in [0, 0.05) is 0 Å². The number of halogens is 1. The average molecular weight is 262 g/mol. The molecule has 4 heteroatoms. The van der Waals surface area contributed by atoms with Crippen LogP contribution in [0.5, 0.6) is 11.5 Å². The summed E-state index contributed by atoms with van der Waals surface area (Å²) in [6.07, 6.45) is 0. The Bertz CT molecular complexity index is 518. The summed E-state index contributed by atoms with van der Waals surface area (Å²) in [5.41, 5.74) is 0.191. The van der Waals surface area contributed by atoms with E-state index in [-0.39, 0.29) is 11.4 Å². The van der Waals surface area contributed by atoms with Crippen molar-refractivity contribution in [3.05, 3.63) is 59.9 Å². The highest BCUT2D eigenvalue weighted by Gasteiger charge is 2.02. The van der Waals surface area contributed by atoms with Gasteiger partial charge in [-0.1, -0.05) is 13.8 Å². The summed E-state index contributed by atoms with van der Waals surface area (Å²) in [4.78, 5) is 10.6. The predicted octanol–water partition coefficient (Wildman–Crippen LogP) is 4.34. The molecule has 19 heavy (non-hydrogen) atoms. The lowest BCUT2D eigenvalue weighted by Gasteiger charge is -2.05. The molecule has 100 valence electrons. The van der Waals surface area contributed by atoms with Crippen molar-refractivity contribution in [1.82, 2.24) is 0 Å². The summed E-state index contributed by atoms with van der Waals surface area (Å²) >= 11 is 0. The molecule has 2 aromatic rings. The van der Waals surface area contributed by atoms with Crippen LogP contribution >= 0.6 is 0 Å². The Morgan fingerprint density at radius 2 is 1.37 bits per heavy atom. The molecule has 0 amide bonds. The fourth-order valence-electron chi connectivity index (χ4n) is 1.30. The molecule has 1 N–H and O–H groups in total. The van der Waals surface area contributed by atoms with Crippen LogP contribution in [0.2, 0.25) is 0 Å². The maximum Gasteiger partial charge on any atom is 0.335 e. The maximum atomic E-state index is 12.6. The van der Waals surface area contributed by atoms with Crippen molar-refractivity contribution in [2.24, 2.45) is 0 Å². The second-order valence-electron chi connectivity index (χ2n) is 3.39. The van der Waals surface area contributed by atoms with Crippen LogP contribution in [0.25, 0.3) is 0 Å². The lowest BCUT2D eigenvalue weighted by molar-refractivity contribution is 0.0697. The van der Waals surface area contributed by atoms with Crippen molar-refractivity contribution in [3.8, 4) is 11.5 Å². The van der Waals surface area contributed by atoms with Crippen LogP contribution in [0.4, 0.5) is 4.39 Å². The summed E-state index contributed by atoms with van der Waals surface area (Å²) in [6, 6.07) is 11.6. The third kappa shape index (κ3) is 4.43. The largest absolute Gasteiger partial charge is 0.478 e.